The molecule has 1 N–H and O–H groups in total. The summed E-state index contributed by atoms with van der Waals surface area (Å²) in [6.45, 7) is 11.1. The molecule has 1 aliphatic rings. The number of anilines is 1. The Morgan fingerprint density at radius 1 is 0.897 bits per heavy atom. The number of ether oxygens (including phenoxy) is 3. The fourth-order valence-electron chi connectivity index (χ4n) is 4.53. The first-order chi connectivity index (χ1) is 18.7. The number of carbonyl (C=O) groups excluding carboxylic acids is 2. The summed E-state index contributed by atoms with van der Waals surface area (Å²) < 4.78 is 17.3. The third kappa shape index (κ3) is 5.93. The Kier molecular flexibility index (Phi) is 8.59. The number of aryl methyl sites for hydroxylation is 1. The zero-order valence-corrected chi connectivity index (χ0v) is 23.1. The van der Waals surface area contributed by atoms with E-state index in [1.165, 1.54) is 4.90 Å². The largest absolute Gasteiger partial charge is 0.507 e. The minimum absolute atomic E-state index is 0.0216. The van der Waals surface area contributed by atoms with Gasteiger partial charge in [0.15, 0.2) is 0 Å². The maximum absolute atomic E-state index is 13.6. The maximum Gasteiger partial charge on any atom is 0.300 e. The molecule has 1 atom stereocenters. The molecule has 1 fully saturated rings. The van der Waals surface area contributed by atoms with Crippen LogP contribution in [-0.2, 0) is 9.59 Å². The van der Waals surface area contributed by atoms with Crippen molar-refractivity contribution < 1.29 is 28.9 Å². The van der Waals surface area contributed by atoms with E-state index in [9.17, 15) is 14.7 Å². The SMILES string of the molecule is CCOc1ccc(/C(O)=C2\C(=O)C(=O)N(c3ccc(C)cc3)C2c2cccc(OCC(C)C)c2)c(OCC)c1. The van der Waals surface area contributed by atoms with Gasteiger partial charge in [0.05, 0.1) is 37.0 Å². The predicted molar refractivity (Wildman–Crippen MR) is 152 cm³/mol. The number of ketones is 1. The molecule has 0 aromatic heterocycles. The fraction of sp³-hybridized carbons (Fsp3) is 0.312. The van der Waals surface area contributed by atoms with Gasteiger partial charge in [0, 0.05) is 11.8 Å². The molecule has 3 aromatic rings. The van der Waals surface area contributed by atoms with Crippen LogP contribution in [0, 0.1) is 12.8 Å². The average Bonchev–Trinajstić information content (AvgIpc) is 3.18. The number of aliphatic hydroxyl groups excluding tert-OH is 1. The van der Waals surface area contributed by atoms with Gasteiger partial charge in [-0.15, -0.1) is 0 Å². The average molecular weight is 530 g/mol. The standard InChI is InChI=1S/C32H35NO6/c1-6-37-25-15-16-26(27(18-25)38-7-2)30(34)28-29(22-9-8-10-24(17-22)39-19-20(3)4)33(32(36)31(28)35)23-13-11-21(5)12-14-23/h8-18,20,29,34H,6-7,19H2,1-5H3/b30-28+. The van der Waals surface area contributed by atoms with Crippen molar-refractivity contribution in [1.29, 1.82) is 0 Å². The minimum atomic E-state index is -0.878. The highest BCUT2D eigenvalue weighted by Gasteiger charge is 2.47. The lowest BCUT2D eigenvalue weighted by Gasteiger charge is -2.26. The molecule has 7 nitrogen and oxygen atoms in total. The lowest BCUT2D eigenvalue weighted by Crippen LogP contribution is -2.29. The van der Waals surface area contributed by atoms with Crippen LogP contribution in [0.2, 0.25) is 0 Å². The fourth-order valence-corrected chi connectivity index (χ4v) is 4.53. The van der Waals surface area contributed by atoms with Crippen molar-refractivity contribution in [1.82, 2.24) is 0 Å². The normalized spacial score (nSPS) is 16.6. The van der Waals surface area contributed by atoms with Crippen LogP contribution in [0.15, 0.2) is 72.3 Å². The van der Waals surface area contributed by atoms with Crippen LogP contribution in [0.1, 0.15) is 50.4 Å². The molecule has 4 rings (SSSR count). The van der Waals surface area contributed by atoms with Crippen molar-refractivity contribution in [3.63, 3.8) is 0 Å². The van der Waals surface area contributed by atoms with Gasteiger partial charge in [-0.05, 0) is 68.7 Å². The highest BCUT2D eigenvalue weighted by atomic mass is 16.5. The second-order valence-corrected chi connectivity index (χ2v) is 9.81. The van der Waals surface area contributed by atoms with Crippen LogP contribution in [-0.4, -0.2) is 36.6 Å². The summed E-state index contributed by atoms with van der Waals surface area (Å²) in [4.78, 5) is 28.5. The van der Waals surface area contributed by atoms with E-state index in [0.717, 1.165) is 5.56 Å². The smallest absolute Gasteiger partial charge is 0.300 e. The van der Waals surface area contributed by atoms with E-state index in [1.54, 1.807) is 30.3 Å². The third-order valence-corrected chi connectivity index (χ3v) is 6.33. The van der Waals surface area contributed by atoms with Crippen LogP contribution in [0.5, 0.6) is 17.2 Å². The summed E-state index contributed by atoms with van der Waals surface area (Å²) >= 11 is 0. The molecular weight excluding hydrogens is 494 g/mol. The van der Waals surface area contributed by atoms with Crippen molar-refractivity contribution in [2.24, 2.45) is 5.92 Å². The molecule has 1 amide bonds. The van der Waals surface area contributed by atoms with E-state index in [4.69, 9.17) is 14.2 Å². The van der Waals surface area contributed by atoms with E-state index >= 15 is 0 Å². The van der Waals surface area contributed by atoms with Gasteiger partial charge in [-0.1, -0.05) is 43.7 Å². The number of Topliss-reactive ketones (excluding diaryl/α,β-unsaturated/α-hetero) is 1. The molecule has 0 aliphatic carbocycles. The maximum atomic E-state index is 13.6. The Bertz CT molecular complexity index is 1380. The van der Waals surface area contributed by atoms with E-state index in [0.29, 0.717) is 59.8 Å². The summed E-state index contributed by atoms with van der Waals surface area (Å²) in [5.41, 5.74) is 2.50. The number of aliphatic hydroxyl groups is 1. The van der Waals surface area contributed by atoms with Crippen LogP contribution < -0.4 is 19.1 Å². The lowest BCUT2D eigenvalue weighted by molar-refractivity contribution is -0.132. The molecule has 7 heteroatoms. The molecule has 1 heterocycles. The Morgan fingerprint density at radius 2 is 1.59 bits per heavy atom. The highest BCUT2D eigenvalue weighted by Crippen LogP contribution is 2.44. The quantitative estimate of drug-likeness (QED) is 0.184. The molecule has 1 unspecified atom stereocenters. The zero-order valence-electron chi connectivity index (χ0n) is 23.1. The van der Waals surface area contributed by atoms with E-state index in [2.05, 4.69) is 13.8 Å². The van der Waals surface area contributed by atoms with Crippen molar-refractivity contribution in [3.05, 3.63) is 89.0 Å². The third-order valence-electron chi connectivity index (χ3n) is 6.33. The van der Waals surface area contributed by atoms with Gasteiger partial charge in [0.25, 0.3) is 11.7 Å². The van der Waals surface area contributed by atoms with Gasteiger partial charge in [-0.3, -0.25) is 14.5 Å². The summed E-state index contributed by atoms with van der Waals surface area (Å²) in [6.07, 6.45) is 0. The molecule has 3 aromatic carbocycles. The second-order valence-electron chi connectivity index (χ2n) is 9.81. The van der Waals surface area contributed by atoms with E-state index in [1.807, 2.05) is 57.2 Å². The topological polar surface area (TPSA) is 85.3 Å². The van der Waals surface area contributed by atoms with Crippen molar-refractivity contribution >= 4 is 23.1 Å². The van der Waals surface area contributed by atoms with Crippen LogP contribution in [0.4, 0.5) is 5.69 Å². The van der Waals surface area contributed by atoms with Crippen molar-refractivity contribution in [3.8, 4) is 17.2 Å². The Labute approximate surface area is 229 Å². The number of amides is 1. The molecule has 0 radical (unpaired) electrons. The number of carbonyl (C=O) groups is 2. The van der Waals surface area contributed by atoms with E-state index < -0.39 is 17.7 Å². The highest BCUT2D eigenvalue weighted by molar-refractivity contribution is 6.51. The molecule has 204 valence electrons. The number of rotatable bonds is 10. The van der Waals surface area contributed by atoms with Crippen LogP contribution in [0.3, 0.4) is 0 Å². The number of nitrogens with zero attached hydrogens (tertiary/aromatic N) is 1. The van der Waals surface area contributed by atoms with Crippen LogP contribution >= 0.6 is 0 Å². The molecule has 0 bridgehead atoms. The molecule has 0 spiro atoms. The molecule has 1 aliphatic heterocycles. The zero-order chi connectivity index (χ0) is 28.1. The number of hydrogen-bond donors (Lipinski definition) is 1. The monoisotopic (exact) mass is 529 g/mol. The van der Waals surface area contributed by atoms with Gasteiger partial charge >= 0.3 is 0 Å². The molecular formula is C32H35NO6. The summed E-state index contributed by atoms with van der Waals surface area (Å²) in [7, 11) is 0. The Morgan fingerprint density at radius 3 is 2.26 bits per heavy atom. The Balaban J connectivity index is 1.91. The number of hydrogen-bond acceptors (Lipinski definition) is 6. The van der Waals surface area contributed by atoms with Gasteiger partial charge in [0.1, 0.15) is 23.0 Å². The predicted octanol–water partition coefficient (Wildman–Crippen LogP) is 6.45. The molecule has 39 heavy (non-hydrogen) atoms. The van der Waals surface area contributed by atoms with Gasteiger partial charge in [-0.2, -0.15) is 0 Å². The van der Waals surface area contributed by atoms with Gasteiger partial charge < -0.3 is 19.3 Å². The summed E-state index contributed by atoms with van der Waals surface area (Å²) in [5, 5.41) is 11.7. The minimum Gasteiger partial charge on any atom is -0.507 e. The first-order valence-electron chi connectivity index (χ1n) is 13.3. The first kappa shape index (κ1) is 27.8. The van der Waals surface area contributed by atoms with Gasteiger partial charge in [0.2, 0.25) is 0 Å². The Hall–Kier alpha value is -4.26. The number of benzene rings is 3. The summed E-state index contributed by atoms with van der Waals surface area (Å²) in [5.74, 6) is 0.0633. The van der Waals surface area contributed by atoms with Crippen molar-refractivity contribution in [2.75, 3.05) is 24.7 Å². The van der Waals surface area contributed by atoms with E-state index in [-0.39, 0.29) is 11.3 Å². The lowest BCUT2D eigenvalue weighted by atomic mass is 9.94. The molecule has 0 saturated carbocycles. The summed E-state index contributed by atoms with van der Waals surface area (Å²) in [6, 6.07) is 18.8. The second kappa shape index (κ2) is 12.1. The molecule has 1 saturated heterocycles. The van der Waals surface area contributed by atoms with Crippen molar-refractivity contribution in [2.45, 2.75) is 40.7 Å². The first-order valence-corrected chi connectivity index (χ1v) is 13.3. The van der Waals surface area contributed by atoms with Crippen LogP contribution in [0.25, 0.3) is 5.76 Å². The van der Waals surface area contributed by atoms with Gasteiger partial charge in [-0.25, -0.2) is 0 Å².